The van der Waals surface area contributed by atoms with Gasteiger partial charge in [-0.1, -0.05) is 36.8 Å². The fourth-order valence-electron chi connectivity index (χ4n) is 3.50. The van der Waals surface area contributed by atoms with Crippen molar-refractivity contribution < 1.29 is 19.1 Å². The van der Waals surface area contributed by atoms with Crippen LogP contribution in [0.15, 0.2) is 48.5 Å². The van der Waals surface area contributed by atoms with Gasteiger partial charge in [-0.15, -0.1) is 0 Å². The summed E-state index contributed by atoms with van der Waals surface area (Å²) in [6, 6.07) is 14.8. The molecule has 1 aliphatic rings. The second-order valence-corrected chi connectivity index (χ2v) is 7.44. The first-order chi connectivity index (χ1) is 13.6. The SMILES string of the molecule is CCCC(=O)OC1CCCCC1Oc1ccc(C(=O)c2ccc(C)cc2)cc1. The van der Waals surface area contributed by atoms with Crippen molar-refractivity contribution in [3.8, 4) is 5.75 Å². The molecule has 1 saturated carbocycles. The minimum absolute atomic E-state index is 0.00408. The Morgan fingerprint density at radius 2 is 1.46 bits per heavy atom. The predicted octanol–water partition coefficient (Wildman–Crippen LogP) is 5.26. The van der Waals surface area contributed by atoms with E-state index in [2.05, 4.69) is 0 Å². The molecule has 0 aliphatic heterocycles. The largest absolute Gasteiger partial charge is 0.487 e. The molecule has 4 nitrogen and oxygen atoms in total. The summed E-state index contributed by atoms with van der Waals surface area (Å²) in [5.41, 5.74) is 2.43. The molecule has 0 heterocycles. The average molecular weight is 380 g/mol. The highest BCUT2D eigenvalue weighted by Crippen LogP contribution is 2.27. The maximum Gasteiger partial charge on any atom is 0.306 e. The van der Waals surface area contributed by atoms with Crippen LogP contribution in [0.4, 0.5) is 0 Å². The summed E-state index contributed by atoms with van der Waals surface area (Å²) >= 11 is 0. The van der Waals surface area contributed by atoms with Crippen LogP contribution in [0.25, 0.3) is 0 Å². The van der Waals surface area contributed by atoms with Crippen LogP contribution in [0.3, 0.4) is 0 Å². The molecule has 2 aromatic carbocycles. The quantitative estimate of drug-likeness (QED) is 0.486. The van der Waals surface area contributed by atoms with Gasteiger partial charge < -0.3 is 9.47 Å². The van der Waals surface area contributed by atoms with Crippen LogP contribution in [-0.4, -0.2) is 24.0 Å². The first-order valence-corrected chi connectivity index (χ1v) is 10.1. The monoisotopic (exact) mass is 380 g/mol. The number of aryl methyl sites for hydroxylation is 1. The molecule has 2 atom stereocenters. The van der Waals surface area contributed by atoms with E-state index in [1.807, 2.05) is 50.2 Å². The molecule has 4 heteroatoms. The summed E-state index contributed by atoms with van der Waals surface area (Å²) in [6.45, 7) is 3.97. The summed E-state index contributed by atoms with van der Waals surface area (Å²) in [6.07, 6.45) is 4.73. The van der Waals surface area contributed by atoms with Crippen LogP contribution in [0.5, 0.6) is 5.75 Å². The van der Waals surface area contributed by atoms with Gasteiger partial charge in [0.15, 0.2) is 5.78 Å². The fourth-order valence-corrected chi connectivity index (χ4v) is 3.50. The fraction of sp³-hybridized carbons (Fsp3) is 0.417. The van der Waals surface area contributed by atoms with Crippen molar-refractivity contribution >= 4 is 11.8 Å². The normalized spacial score (nSPS) is 19.1. The van der Waals surface area contributed by atoms with Crippen LogP contribution >= 0.6 is 0 Å². The average Bonchev–Trinajstić information content (AvgIpc) is 2.70. The molecule has 3 rings (SSSR count). The van der Waals surface area contributed by atoms with E-state index in [1.54, 1.807) is 12.1 Å². The Kier molecular flexibility index (Phi) is 6.85. The third-order valence-electron chi connectivity index (χ3n) is 5.10. The van der Waals surface area contributed by atoms with Crippen LogP contribution in [-0.2, 0) is 9.53 Å². The highest BCUT2D eigenvalue weighted by atomic mass is 16.6. The van der Waals surface area contributed by atoms with Gasteiger partial charge in [0.1, 0.15) is 18.0 Å². The number of carbonyl (C=O) groups excluding carboxylic acids is 2. The van der Waals surface area contributed by atoms with Gasteiger partial charge in [-0.05, 0) is 63.3 Å². The molecule has 1 aliphatic carbocycles. The van der Waals surface area contributed by atoms with Gasteiger partial charge in [-0.25, -0.2) is 0 Å². The summed E-state index contributed by atoms with van der Waals surface area (Å²) in [4.78, 5) is 24.5. The van der Waals surface area contributed by atoms with Gasteiger partial charge in [0.05, 0.1) is 0 Å². The Hall–Kier alpha value is -2.62. The minimum atomic E-state index is -0.193. The number of hydrogen-bond donors (Lipinski definition) is 0. The van der Waals surface area contributed by atoms with E-state index in [9.17, 15) is 9.59 Å². The number of carbonyl (C=O) groups is 2. The molecule has 0 aromatic heterocycles. The van der Waals surface area contributed by atoms with Gasteiger partial charge in [0, 0.05) is 17.5 Å². The van der Waals surface area contributed by atoms with Gasteiger partial charge in [-0.3, -0.25) is 9.59 Å². The van der Waals surface area contributed by atoms with Crippen molar-refractivity contribution in [2.24, 2.45) is 0 Å². The van der Waals surface area contributed by atoms with Crippen molar-refractivity contribution in [1.29, 1.82) is 0 Å². The number of hydrogen-bond acceptors (Lipinski definition) is 4. The molecule has 0 bridgehead atoms. The summed E-state index contributed by atoms with van der Waals surface area (Å²) in [5.74, 6) is 0.543. The summed E-state index contributed by atoms with van der Waals surface area (Å²) in [5, 5.41) is 0. The topological polar surface area (TPSA) is 52.6 Å². The van der Waals surface area contributed by atoms with E-state index in [0.717, 1.165) is 37.7 Å². The van der Waals surface area contributed by atoms with Crippen molar-refractivity contribution in [3.63, 3.8) is 0 Å². The molecule has 1 fully saturated rings. The standard InChI is InChI=1S/C24H28O4/c1-3-6-23(25)28-22-8-5-4-7-21(22)27-20-15-13-19(14-16-20)24(26)18-11-9-17(2)10-12-18/h9-16,21-22H,3-8H2,1-2H3. The Labute approximate surface area is 166 Å². The van der Waals surface area contributed by atoms with E-state index >= 15 is 0 Å². The van der Waals surface area contributed by atoms with Crippen molar-refractivity contribution in [2.75, 3.05) is 0 Å². The molecular formula is C24H28O4. The van der Waals surface area contributed by atoms with Crippen LogP contribution in [0.2, 0.25) is 0 Å². The minimum Gasteiger partial charge on any atom is -0.487 e. The van der Waals surface area contributed by atoms with Gasteiger partial charge in [0.25, 0.3) is 0 Å². The van der Waals surface area contributed by atoms with Gasteiger partial charge >= 0.3 is 5.97 Å². The number of ether oxygens (including phenoxy) is 2. The Morgan fingerprint density at radius 3 is 2.07 bits per heavy atom. The third-order valence-corrected chi connectivity index (χ3v) is 5.10. The second kappa shape index (κ2) is 9.54. The van der Waals surface area contributed by atoms with Crippen LogP contribution in [0, 0.1) is 6.92 Å². The Balaban J connectivity index is 1.64. The highest BCUT2D eigenvalue weighted by Gasteiger charge is 2.30. The Morgan fingerprint density at radius 1 is 0.893 bits per heavy atom. The molecule has 0 saturated heterocycles. The van der Waals surface area contributed by atoms with Crippen LogP contribution < -0.4 is 4.74 Å². The maximum atomic E-state index is 12.6. The van der Waals surface area contributed by atoms with E-state index in [4.69, 9.17) is 9.47 Å². The lowest BCUT2D eigenvalue weighted by atomic mass is 9.94. The molecule has 0 radical (unpaired) electrons. The zero-order valence-corrected chi connectivity index (χ0v) is 16.6. The van der Waals surface area contributed by atoms with Gasteiger partial charge in [-0.2, -0.15) is 0 Å². The first-order valence-electron chi connectivity index (χ1n) is 10.1. The summed E-state index contributed by atoms with van der Waals surface area (Å²) in [7, 11) is 0. The molecular weight excluding hydrogens is 352 g/mol. The lowest BCUT2D eigenvalue weighted by molar-refractivity contribution is -0.156. The van der Waals surface area contributed by atoms with E-state index < -0.39 is 0 Å². The third kappa shape index (κ3) is 5.22. The van der Waals surface area contributed by atoms with E-state index in [0.29, 0.717) is 23.3 Å². The highest BCUT2D eigenvalue weighted by molar-refractivity contribution is 6.09. The molecule has 0 spiro atoms. The van der Waals surface area contributed by atoms with Gasteiger partial charge in [0.2, 0.25) is 0 Å². The number of benzene rings is 2. The van der Waals surface area contributed by atoms with Crippen molar-refractivity contribution in [3.05, 3.63) is 65.2 Å². The maximum absolute atomic E-state index is 12.6. The summed E-state index contributed by atoms with van der Waals surface area (Å²) < 4.78 is 11.7. The zero-order valence-electron chi connectivity index (χ0n) is 16.6. The first kappa shape index (κ1) is 20.1. The predicted molar refractivity (Wildman–Crippen MR) is 109 cm³/mol. The van der Waals surface area contributed by atoms with Crippen molar-refractivity contribution in [2.45, 2.75) is 64.6 Å². The van der Waals surface area contributed by atoms with Crippen molar-refractivity contribution in [1.82, 2.24) is 0 Å². The molecule has 28 heavy (non-hydrogen) atoms. The molecule has 148 valence electrons. The van der Waals surface area contributed by atoms with Crippen LogP contribution in [0.1, 0.15) is 66.9 Å². The smallest absolute Gasteiger partial charge is 0.306 e. The van der Waals surface area contributed by atoms with E-state index in [1.165, 1.54) is 0 Å². The number of ketones is 1. The molecule has 2 unspecified atom stereocenters. The Bertz CT molecular complexity index is 792. The molecule has 0 amide bonds. The second-order valence-electron chi connectivity index (χ2n) is 7.44. The lowest BCUT2D eigenvalue weighted by Crippen LogP contribution is -2.38. The lowest BCUT2D eigenvalue weighted by Gasteiger charge is -2.31. The number of esters is 1. The zero-order chi connectivity index (χ0) is 19.9. The molecule has 0 N–H and O–H groups in total. The van der Waals surface area contributed by atoms with E-state index in [-0.39, 0.29) is 24.0 Å². The number of rotatable bonds is 7. The molecule has 2 aromatic rings.